The third kappa shape index (κ3) is 2.10. The highest BCUT2D eigenvalue weighted by Crippen LogP contribution is 2.30. The monoisotopic (exact) mass is 275 g/mol. The zero-order valence-corrected chi connectivity index (χ0v) is 11.7. The van der Waals surface area contributed by atoms with Crippen LogP contribution in [0.5, 0.6) is 0 Å². The number of carboxylic acid groups (broad SMARTS) is 1. The normalized spacial score (nSPS) is 11.0. The molecule has 0 unspecified atom stereocenters. The standard InChI is InChI=1S/C15H17NO4/c1-8-6-11-13(10(3)18)9(2)16(4-5-17)14(11)12(7-8)15(19)20/h6-7,17H,4-5H2,1-3H3,(H,19,20). The largest absolute Gasteiger partial charge is 0.478 e. The SMILES string of the molecule is CC(=O)c1c(C)n(CCO)c2c(C(=O)O)cc(C)cc12. The molecule has 0 amide bonds. The molecule has 1 aromatic carbocycles. The van der Waals surface area contributed by atoms with Crippen molar-refractivity contribution in [3.8, 4) is 0 Å². The molecular formula is C15H17NO4. The van der Waals surface area contributed by atoms with Gasteiger partial charge in [0.1, 0.15) is 0 Å². The van der Waals surface area contributed by atoms with Gasteiger partial charge in [0.05, 0.1) is 17.7 Å². The van der Waals surface area contributed by atoms with E-state index in [2.05, 4.69) is 0 Å². The first-order chi connectivity index (χ1) is 9.38. The lowest BCUT2D eigenvalue weighted by Crippen LogP contribution is -2.08. The molecule has 106 valence electrons. The van der Waals surface area contributed by atoms with Gasteiger partial charge in [0.25, 0.3) is 0 Å². The second-order valence-corrected chi connectivity index (χ2v) is 4.91. The summed E-state index contributed by atoms with van der Waals surface area (Å²) in [6.07, 6.45) is 0. The number of rotatable bonds is 4. The van der Waals surface area contributed by atoms with Crippen LogP contribution in [0.15, 0.2) is 12.1 Å². The highest BCUT2D eigenvalue weighted by Gasteiger charge is 2.22. The van der Waals surface area contributed by atoms with Gasteiger partial charge in [0, 0.05) is 23.2 Å². The van der Waals surface area contributed by atoms with Crippen LogP contribution in [0, 0.1) is 13.8 Å². The molecule has 0 aliphatic heterocycles. The molecule has 2 rings (SSSR count). The fraction of sp³-hybridized carbons (Fsp3) is 0.333. The summed E-state index contributed by atoms with van der Waals surface area (Å²) in [7, 11) is 0. The summed E-state index contributed by atoms with van der Waals surface area (Å²) < 4.78 is 1.70. The second-order valence-electron chi connectivity index (χ2n) is 4.91. The van der Waals surface area contributed by atoms with Crippen molar-refractivity contribution in [2.45, 2.75) is 27.3 Å². The number of benzene rings is 1. The van der Waals surface area contributed by atoms with E-state index < -0.39 is 5.97 Å². The molecule has 1 aromatic heterocycles. The number of hydrogen-bond acceptors (Lipinski definition) is 3. The third-order valence-electron chi connectivity index (χ3n) is 3.47. The van der Waals surface area contributed by atoms with Crippen LogP contribution in [0.1, 0.15) is 38.9 Å². The quantitative estimate of drug-likeness (QED) is 0.838. The molecule has 0 spiro atoms. The summed E-state index contributed by atoms with van der Waals surface area (Å²) in [6.45, 7) is 5.18. The minimum atomic E-state index is -1.04. The van der Waals surface area contributed by atoms with Crippen molar-refractivity contribution in [2.24, 2.45) is 0 Å². The number of aryl methyl sites for hydroxylation is 1. The third-order valence-corrected chi connectivity index (χ3v) is 3.47. The van der Waals surface area contributed by atoms with E-state index in [-0.39, 0.29) is 24.5 Å². The number of hydrogen-bond donors (Lipinski definition) is 2. The summed E-state index contributed by atoms with van der Waals surface area (Å²) in [4.78, 5) is 23.3. The number of carbonyl (C=O) groups excluding carboxylic acids is 1. The van der Waals surface area contributed by atoms with Gasteiger partial charge in [-0.05, 0) is 38.5 Å². The molecule has 0 aliphatic rings. The van der Waals surface area contributed by atoms with Gasteiger partial charge >= 0.3 is 5.97 Å². The van der Waals surface area contributed by atoms with Gasteiger partial charge < -0.3 is 14.8 Å². The molecule has 0 fully saturated rings. The number of ketones is 1. The lowest BCUT2D eigenvalue weighted by Gasteiger charge is -2.08. The van der Waals surface area contributed by atoms with Gasteiger partial charge in [-0.1, -0.05) is 0 Å². The number of carboxylic acids is 1. The Labute approximate surface area is 116 Å². The van der Waals surface area contributed by atoms with Crippen molar-refractivity contribution in [1.29, 1.82) is 0 Å². The van der Waals surface area contributed by atoms with Crippen LogP contribution in [-0.4, -0.2) is 33.1 Å². The summed E-state index contributed by atoms with van der Waals surface area (Å²) in [5, 5.41) is 19.2. The lowest BCUT2D eigenvalue weighted by molar-refractivity contribution is 0.0698. The Morgan fingerprint density at radius 1 is 1.25 bits per heavy atom. The molecule has 0 saturated carbocycles. The minimum Gasteiger partial charge on any atom is -0.478 e. The van der Waals surface area contributed by atoms with Gasteiger partial charge in [-0.15, -0.1) is 0 Å². The van der Waals surface area contributed by atoms with Crippen LogP contribution in [-0.2, 0) is 6.54 Å². The average Bonchev–Trinajstić information content (AvgIpc) is 2.61. The van der Waals surface area contributed by atoms with Crippen LogP contribution in [0.3, 0.4) is 0 Å². The van der Waals surface area contributed by atoms with Gasteiger partial charge in [0.15, 0.2) is 5.78 Å². The fourth-order valence-electron chi connectivity index (χ4n) is 2.74. The first kappa shape index (κ1) is 14.3. The highest BCUT2D eigenvalue weighted by molar-refractivity contribution is 6.13. The number of aliphatic hydroxyl groups is 1. The molecule has 20 heavy (non-hydrogen) atoms. The van der Waals surface area contributed by atoms with E-state index in [0.717, 1.165) is 5.56 Å². The zero-order valence-electron chi connectivity index (χ0n) is 11.7. The molecule has 2 aromatic rings. The minimum absolute atomic E-state index is 0.105. The average molecular weight is 275 g/mol. The van der Waals surface area contributed by atoms with Gasteiger partial charge in [-0.2, -0.15) is 0 Å². The maximum absolute atomic E-state index is 11.9. The van der Waals surface area contributed by atoms with Crippen molar-refractivity contribution in [3.05, 3.63) is 34.5 Å². The number of Topliss-reactive ketones (excluding diaryl/α,β-unsaturated/α-hetero) is 1. The Kier molecular flexibility index (Phi) is 3.63. The van der Waals surface area contributed by atoms with Crippen LogP contribution in [0.2, 0.25) is 0 Å². The number of nitrogens with zero attached hydrogens (tertiary/aromatic N) is 1. The number of aromatic carboxylic acids is 1. The molecule has 0 radical (unpaired) electrons. The van der Waals surface area contributed by atoms with Gasteiger partial charge in [0.2, 0.25) is 0 Å². The Morgan fingerprint density at radius 3 is 2.40 bits per heavy atom. The van der Waals surface area contributed by atoms with E-state index >= 15 is 0 Å². The van der Waals surface area contributed by atoms with Crippen LogP contribution >= 0.6 is 0 Å². The predicted molar refractivity (Wildman–Crippen MR) is 75.5 cm³/mol. The molecule has 0 bridgehead atoms. The number of carbonyl (C=O) groups is 2. The molecule has 0 aliphatic carbocycles. The Morgan fingerprint density at radius 2 is 1.90 bits per heavy atom. The molecule has 2 N–H and O–H groups in total. The van der Waals surface area contributed by atoms with E-state index in [0.29, 0.717) is 22.2 Å². The number of aromatic nitrogens is 1. The Balaban J connectivity index is 2.99. The van der Waals surface area contributed by atoms with Crippen molar-refractivity contribution in [1.82, 2.24) is 4.57 Å². The first-order valence-corrected chi connectivity index (χ1v) is 6.37. The Hall–Kier alpha value is -2.14. The van der Waals surface area contributed by atoms with Gasteiger partial charge in [-0.3, -0.25) is 4.79 Å². The summed E-state index contributed by atoms with van der Waals surface area (Å²) in [5.41, 5.74) is 2.66. The molecule has 5 nitrogen and oxygen atoms in total. The van der Waals surface area contributed by atoms with E-state index in [1.165, 1.54) is 6.92 Å². The van der Waals surface area contributed by atoms with E-state index in [1.54, 1.807) is 24.5 Å². The maximum Gasteiger partial charge on any atom is 0.337 e. The van der Waals surface area contributed by atoms with Crippen LogP contribution in [0.25, 0.3) is 10.9 Å². The number of fused-ring (bicyclic) bond motifs is 1. The maximum atomic E-state index is 11.9. The number of aliphatic hydroxyl groups excluding tert-OH is 1. The molecule has 0 saturated heterocycles. The topological polar surface area (TPSA) is 79.5 Å². The molecular weight excluding hydrogens is 258 g/mol. The molecule has 0 atom stereocenters. The molecule has 5 heteroatoms. The van der Waals surface area contributed by atoms with Crippen molar-refractivity contribution < 1.29 is 19.8 Å². The molecule has 1 heterocycles. The summed E-state index contributed by atoms with van der Waals surface area (Å²) in [6, 6.07) is 3.40. The van der Waals surface area contributed by atoms with Crippen LogP contribution in [0.4, 0.5) is 0 Å². The first-order valence-electron chi connectivity index (χ1n) is 6.37. The van der Waals surface area contributed by atoms with Crippen LogP contribution < -0.4 is 0 Å². The highest BCUT2D eigenvalue weighted by atomic mass is 16.4. The lowest BCUT2D eigenvalue weighted by atomic mass is 10.0. The predicted octanol–water partition coefficient (Wildman–Crippen LogP) is 2.15. The van der Waals surface area contributed by atoms with Crippen molar-refractivity contribution in [2.75, 3.05) is 6.61 Å². The van der Waals surface area contributed by atoms with E-state index in [4.69, 9.17) is 0 Å². The smallest absolute Gasteiger partial charge is 0.337 e. The zero-order chi connectivity index (χ0) is 15.0. The van der Waals surface area contributed by atoms with Gasteiger partial charge in [-0.25, -0.2) is 4.79 Å². The summed E-state index contributed by atoms with van der Waals surface area (Å²) in [5.74, 6) is -1.14. The fourth-order valence-corrected chi connectivity index (χ4v) is 2.74. The Bertz CT molecular complexity index is 712. The van der Waals surface area contributed by atoms with Crippen molar-refractivity contribution in [3.63, 3.8) is 0 Å². The van der Waals surface area contributed by atoms with E-state index in [9.17, 15) is 19.8 Å². The summed E-state index contributed by atoms with van der Waals surface area (Å²) >= 11 is 0. The van der Waals surface area contributed by atoms with Crippen molar-refractivity contribution >= 4 is 22.7 Å². The second kappa shape index (κ2) is 5.09. The van der Waals surface area contributed by atoms with E-state index in [1.807, 2.05) is 6.07 Å².